The van der Waals surface area contributed by atoms with Gasteiger partial charge in [-0.05, 0) is 18.8 Å². The topological polar surface area (TPSA) is 66.0 Å². The van der Waals surface area contributed by atoms with Crippen molar-refractivity contribution in [1.82, 2.24) is 10.2 Å². The van der Waals surface area contributed by atoms with Gasteiger partial charge in [0.2, 0.25) is 0 Å². The minimum atomic E-state index is -0.929. The lowest BCUT2D eigenvalue weighted by Gasteiger charge is -2.00. The quantitative estimate of drug-likeness (QED) is 0.657. The number of carboxylic acids is 1. The second-order valence-corrected chi connectivity index (χ2v) is 3.21. The highest BCUT2D eigenvalue weighted by atomic mass is 16.4. The highest BCUT2D eigenvalue weighted by molar-refractivity contribution is 5.87. The van der Waals surface area contributed by atoms with E-state index >= 15 is 0 Å². The van der Waals surface area contributed by atoms with Crippen LogP contribution in [0.5, 0.6) is 0 Å². The summed E-state index contributed by atoms with van der Waals surface area (Å²) in [6.07, 6.45) is 1.96. The number of aromatic carboxylic acids is 1. The van der Waals surface area contributed by atoms with E-state index in [1.807, 2.05) is 6.92 Å². The Morgan fingerprint density at radius 3 is 3.17 bits per heavy atom. The molecule has 0 bridgehead atoms. The molecular formula is C8H10N2O2. The summed E-state index contributed by atoms with van der Waals surface area (Å²) in [6, 6.07) is 0. The number of nitrogens with zero attached hydrogens (tertiary/aromatic N) is 1. The molecule has 1 aromatic rings. The van der Waals surface area contributed by atoms with Crippen molar-refractivity contribution in [2.24, 2.45) is 0 Å². The number of H-pyrrole nitrogens is 1. The summed E-state index contributed by atoms with van der Waals surface area (Å²) in [5.41, 5.74) is 2.11. The van der Waals surface area contributed by atoms with Crippen LogP contribution in [0.1, 0.15) is 41.0 Å². The highest BCUT2D eigenvalue weighted by Crippen LogP contribution is 2.33. The number of hydrogen-bond donors (Lipinski definition) is 2. The molecule has 1 heterocycles. The van der Waals surface area contributed by atoms with Crippen LogP contribution in [0, 0.1) is 0 Å². The van der Waals surface area contributed by atoms with Crippen LogP contribution in [0.2, 0.25) is 0 Å². The van der Waals surface area contributed by atoms with Crippen molar-refractivity contribution in [1.29, 1.82) is 0 Å². The summed E-state index contributed by atoms with van der Waals surface area (Å²) in [7, 11) is 0. The Morgan fingerprint density at radius 2 is 2.50 bits per heavy atom. The molecule has 1 atom stereocenters. The Bertz CT molecular complexity index is 330. The average Bonchev–Trinajstić information content (AvgIpc) is 2.53. The molecule has 0 radical (unpaired) electrons. The van der Waals surface area contributed by atoms with Gasteiger partial charge in [0.25, 0.3) is 0 Å². The van der Waals surface area contributed by atoms with Crippen molar-refractivity contribution in [2.75, 3.05) is 0 Å². The number of hydrogen-bond acceptors (Lipinski definition) is 2. The summed E-state index contributed by atoms with van der Waals surface area (Å²) >= 11 is 0. The van der Waals surface area contributed by atoms with Crippen LogP contribution >= 0.6 is 0 Å². The molecule has 0 amide bonds. The normalized spacial score (nSPS) is 20.9. The third kappa shape index (κ3) is 0.841. The largest absolute Gasteiger partial charge is 0.476 e. The van der Waals surface area contributed by atoms with Crippen molar-refractivity contribution in [3.8, 4) is 0 Å². The Labute approximate surface area is 69.6 Å². The van der Waals surface area contributed by atoms with E-state index < -0.39 is 5.97 Å². The maximum absolute atomic E-state index is 10.7. The third-order valence-electron chi connectivity index (χ3n) is 2.41. The third-order valence-corrected chi connectivity index (χ3v) is 2.41. The zero-order valence-electron chi connectivity index (χ0n) is 6.79. The first-order valence-electron chi connectivity index (χ1n) is 4.00. The van der Waals surface area contributed by atoms with Crippen molar-refractivity contribution in [3.63, 3.8) is 0 Å². The van der Waals surface area contributed by atoms with Gasteiger partial charge < -0.3 is 5.11 Å². The number of rotatable bonds is 1. The first-order chi connectivity index (χ1) is 5.70. The lowest BCUT2D eigenvalue weighted by atomic mass is 10.0. The Hall–Kier alpha value is -1.32. The summed E-state index contributed by atoms with van der Waals surface area (Å²) in [6.45, 7) is 2.04. The second kappa shape index (κ2) is 2.33. The molecule has 0 saturated heterocycles. The molecule has 12 heavy (non-hydrogen) atoms. The van der Waals surface area contributed by atoms with Gasteiger partial charge >= 0.3 is 5.97 Å². The van der Waals surface area contributed by atoms with Gasteiger partial charge in [-0.25, -0.2) is 4.79 Å². The van der Waals surface area contributed by atoms with Gasteiger partial charge in [-0.2, -0.15) is 5.10 Å². The highest BCUT2D eigenvalue weighted by Gasteiger charge is 2.27. The summed E-state index contributed by atoms with van der Waals surface area (Å²) in [4.78, 5) is 10.7. The van der Waals surface area contributed by atoms with E-state index in [4.69, 9.17) is 5.11 Å². The molecule has 4 nitrogen and oxygen atoms in total. The predicted octanol–water partition coefficient (Wildman–Crippen LogP) is 1.16. The predicted molar refractivity (Wildman–Crippen MR) is 42.3 cm³/mol. The number of aromatic nitrogens is 2. The molecular weight excluding hydrogens is 156 g/mol. The molecule has 64 valence electrons. The molecule has 1 aliphatic carbocycles. The first-order valence-corrected chi connectivity index (χ1v) is 4.00. The van der Waals surface area contributed by atoms with Crippen LogP contribution in [0.25, 0.3) is 0 Å². The zero-order chi connectivity index (χ0) is 8.72. The molecule has 0 aliphatic heterocycles. The molecule has 2 N–H and O–H groups in total. The minimum absolute atomic E-state index is 0.204. The van der Waals surface area contributed by atoms with Crippen molar-refractivity contribution in [3.05, 3.63) is 17.0 Å². The van der Waals surface area contributed by atoms with Crippen LogP contribution in [-0.4, -0.2) is 21.3 Å². The van der Waals surface area contributed by atoms with Crippen molar-refractivity contribution in [2.45, 2.75) is 25.7 Å². The van der Waals surface area contributed by atoms with E-state index in [9.17, 15) is 4.79 Å². The number of nitrogens with one attached hydrogen (secondary N) is 1. The van der Waals surface area contributed by atoms with Gasteiger partial charge in [0.05, 0.1) is 0 Å². The van der Waals surface area contributed by atoms with Gasteiger partial charge in [0, 0.05) is 11.3 Å². The average molecular weight is 166 g/mol. The maximum Gasteiger partial charge on any atom is 0.356 e. The van der Waals surface area contributed by atoms with Crippen LogP contribution in [0.4, 0.5) is 0 Å². The standard InChI is InChI=1S/C8H10N2O2/c1-4-2-3-5-6(4)7(8(11)12)10-9-5/h4H,2-3H2,1H3,(H,9,10)(H,11,12). The van der Waals surface area contributed by atoms with E-state index in [-0.39, 0.29) is 5.69 Å². The van der Waals surface area contributed by atoms with E-state index in [1.165, 1.54) is 0 Å². The Kier molecular flexibility index (Phi) is 1.43. The van der Waals surface area contributed by atoms with E-state index in [2.05, 4.69) is 10.2 Å². The van der Waals surface area contributed by atoms with Gasteiger partial charge in [-0.1, -0.05) is 6.92 Å². The molecule has 0 saturated carbocycles. The zero-order valence-corrected chi connectivity index (χ0v) is 6.79. The molecule has 0 fully saturated rings. The number of aromatic amines is 1. The maximum atomic E-state index is 10.7. The lowest BCUT2D eigenvalue weighted by molar-refractivity contribution is 0.0689. The van der Waals surface area contributed by atoms with Crippen molar-refractivity contribution >= 4 is 5.97 Å². The fourth-order valence-corrected chi connectivity index (χ4v) is 1.78. The van der Waals surface area contributed by atoms with Crippen LogP contribution in [0.3, 0.4) is 0 Å². The van der Waals surface area contributed by atoms with E-state index in [0.717, 1.165) is 24.1 Å². The molecule has 2 rings (SSSR count). The van der Waals surface area contributed by atoms with Crippen LogP contribution in [0.15, 0.2) is 0 Å². The summed E-state index contributed by atoms with van der Waals surface area (Å²) in [5, 5.41) is 15.3. The van der Waals surface area contributed by atoms with E-state index in [0.29, 0.717) is 5.92 Å². The van der Waals surface area contributed by atoms with E-state index in [1.54, 1.807) is 0 Å². The number of carbonyl (C=O) groups is 1. The Balaban J connectivity index is 2.53. The number of carboxylic acid groups (broad SMARTS) is 1. The van der Waals surface area contributed by atoms with Crippen molar-refractivity contribution < 1.29 is 9.90 Å². The van der Waals surface area contributed by atoms with Crippen LogP contribution in [-0.2, 0) is 6.42 Å². The molecule has 0 spiro atoms. The fourth-order valence-electron chi connectivity index (χ4n) is 1.78. The second-order valence-electron chi connectivity index (χ2n) is 3.21. The molecule has 4 heteroatoms. The molecule has 1 aliphatic rings. The Morgan fingerprint density at radius 1 is 1.75 bits per heavy atom. The van der Waals surface area contributed by atoms with Gasteiger partial charge in [-0.3, -0.25) is 5.10 Å². The van der Waals surface area contributed by atoms with Gasteiger partial charge in [0.1, 0.15) is 0 Å². The first kappa shape index (κ1) is 7.34. The molecule has 1 aromatic heterocycles. The van der Waals surface area contributed by atoms with Crippen LogP contribution < -0.4 is 0 Å². The summed E-state index contributed by atoms with van der Waals surface area (Å²) < 4.78 is 0. The SMILES string of the molecule is CC1CCc2[nH]nc(C(=O)O)c21. The number of fused-ring (bicyclic) bond motifs is 1. The minimum Gasteiger partial charge on any atom is -0.476 e. The monoisotopic (exact) mass is 166 g/mol. The van der Waals surface area contributed by atoms with Gasteiger partial charge in [-0.15, -0.1) is 0 Å². The van der Waals surface area contributed by atoms with Gasteiger partial charge in [0.15, 0.2) is 5.69 Å². The fraction of sp³-hybridized carbons (Fsp3) is 0.500. The number of aryl methyl sites for hydroxylation is 1. The molecule has 0 aromatic carbocycles. The lowest BCUT2D eigenvalue weighted by Crippen LogP contribution is -2.02. The summed E-state index contributed by atoms with van der Waals surface area (Å²) in [5.74, 6) is -0.592. The smallest absolute Gasteiger partial charge is 0.356 e. The molecule has 1 unspecified atom stereocenters.